The van der Waals surface area contributed by atoms with Crippen LogP contribution in [0.1, 0.15) is 12.0 Å². The fourth-order valence-corrected chi connectivity index (χ4v) is 2.08. The van der Waals surface area contributed by atoms with E-state index in [1.54, 1.807) is 30.7 Å². The second-order valence-corrected chi connectivity index (χ2v) is 4.70. The number of rotatable bonds is 5. The number of hydrogen-bond donors (Lipinski definition) is 1. The van der Waals surface area contributed by atoms with Gasteiger partial charge in [0.25, 0.3) is 0 Å². The third-order valence-corrected chi connectivity index (χ3v) is 3.12. The first kappa shape index (κ1) is 15.8. The minimum absolute atomic E-state index is 0. The molecule has 19 heavy (non-hydrogen) atoms. The van der Waals surface area contributed by atoms with E-state index >= 15 is 0 Å². The Morgan fingerprint density at radius 2 is 2.05 bits per heavy atom. The predicted octanol–water partition coefficient (Wildman–Crippen LogP) is 3.42. The zero-order valence-electron chi connectivity index (χ0n) is 10.4. The molecular weight excluding hydrogens is 283 g/mol. The van der Waals surface area contributed by atoms with Gasteiger partial charge in [-0.1, -0.05) is 29.8 Å². The van der Waals surface area contributed by atoms with Crippen LogP contribution in [0.25, 0.3) is 0 Å². The Balaban J connectivity index is 0.00000180. The van der Waals surface area contributed by atoms with Crippen molar-refractivity contribution in [2.75, 3.05) is 0 Å². The molecule has 0 spiro atoms. The minimum atomic E-state index is -0.993. The van der Waals surface area contributed by atoms with Crippen LogP contribution in [0.5, 0.6) is 0 Å². The summed E-state index contributed by atoms with van der Waals surface area (Å²) in [6.45, 7) is 4.14. The molecule has 0 aliphatic heterocycles. The number of halogens is 2. The van der Waals surface area contributed by atoms with Gasteiger partial charge in [0.15, 0.2) is 0 Å². The Kier molecular flexibility index (Phi) is 5.60. The van der Waals surface area contributed by atoms with E-state index < -0.39 is 5.60 Å². The molecule has 0 aliphatic rings. The van der Waals surface area contributed by atoms with Crippen LogP contribution in [0.15, 0.2) is 55.6 Å². The van der Waals surface area contributed by atoms with Crippen molar-refractivity contribution in [1.82, 2.24) is 9.55 Å². The third kappa shape index (κ3) is 3.83. The second-order valence-electron chi connectivity index (χ2n) is 4.27. The molecule has 1 aromatic heterocycles. The van der Waals surface area contributed by atoms with Crippen molar-refractivity contribution in [2.24, 2.45) is 0 Å². The summed E-state index contributed by atoms with van der Waals surface area (Å²) in [7, 11) is 0. The highest BCUT2D eigenvalue weighted by molar-refractivity contribution is 6.30. The lowest BCUT2D eigenvalue weighted by molar-refractivity contribution is 0.0213. The summed E-state index contributed by atoms with van der Waals surface area (Å²) in [5.41, 5.74) is -0.173. The molecule has 102 valence electrons. The maximum absolute atomic E-state index is 10.8. The van der Waals surface area contributed by atoms with Gasteiger partial charge in [-0.25, -0.2) is 4.98 Å². The fraction of sp³-hybridized carbons (Fsp3) is 0.214. The van der Waals surface area contributed by atoms with Gasteiger partial charge < -0.3 is 9.67 Å². The van der Waals surface area contributed by atoms with Gasteiger partial charge in [-0.15, -0.1) is 19.0 Å². The molecular formula is C14H16Cl2N2O. The highest BCUT2D eigenvalue weighted by atomic mass is 35.5. The molecule has 1 unspecified atom stereocenters. The van der Waals surface area contributed by atoms with Gasteiger partial charge in [0.2, 0.25) is 0 Å². The van der Waals surface area contributed by atoms with Crippen molar-refractivity contribution < 1.29 is 5.11 Å². The molecule has 0 amide bonds. The monoisotopic (exact) mass is 298 g/mol. The summed E-state index contributed by atoms with van der Waals surface area (Å²) in [4.78, 5) is 3.98. The van der Waals surface area contributed by atoms with Gasteiger partial charge in [0.05, 0.1) is 12.9 Å². The van der Waals surface area contributed by atoms with E-state index in [-0.39, 0.29) is 12.4 Å². The first-order valence-corrected chi connectivity index (χ1v) is 6.07. The molecule has 1 atom stereocenters. The molecule has 0 saturated carbocycles. The Labute approximate surface area is 124 Å². The Morgan fingerprint density at radius 1 is 1.37 bits per heavy atom. The molecule has 2 rings (SSSR count). The number of imidazole rings is 1. The van der Waals surface area contributed by atoms with Crippen LogP contribution < -0.4 is 0 Å². The van der Waals surface area contributed by atoms with Crippen LogP contribution in [0, 0.1) is 0 Å². The highest BCUT2D eigenvalue weighted by Gasteiger charge is 2.28. The zero-order chi connectivity index (χ0) is 13.0. The average molecular weight is 299 g/mol. The molecule has 1 heterocycles. The van der Waals surface area contributed by atoms with Gasteiger partial charge in [-0.3, -0.25) is 0 Å². The Hall–Kier alpha value is -1.29. The van der Waals surface area contributed by atoms with Crippen LogP contribution in [-0.4, -0.2) is 14.7 Å². The SMILES string of the molecule is C=CCC(O)(Cn1ccnc1)c1ccc(Cl)cc1.Cl. The Morgan fingerprint density at radius 3 is 2.58 bits per heavy atom. The fourth-order valence-electron chi connectivity index (χ4n) is 1.95. The summed E-state index contributed by atoms with van der Waals surface area (Å²) in [5.74, 6) is 0. The molecule has 5 heteroatoms. The standard InChI is InChI=1S/C14H15ClN2O.ClH/c1-2-7-14(18,10-17-9-8-16-11-17)12-3-5-13(15)6-4-12;/h2-6,8-9,11,18H,1,7,10H2;1H. The number of aliphatic hydroxyl groups is 1. The summed E-state index contributed by atoms with van der Waals surface area (Å²) in [5, 5.41) is 11.4. The molecule has 1 N–H and O–H groups in total. The van der Waals surface area contributed by atoms with E-state index in [1.165, 1.54) is 0 Å². The lowest BCUT2D eigenvalue weighted by atomic mass is 9.90. The van der Waals surface area contributed by atoms with Crippen LogP contribution in [0.4, 0.5) is 0 Å². The van der Waals surface area contributed by atoms with E-state index in [2.05, 4.69) is 11.6 Å². The number of hydrogen-bond acceptors (Lipinski definition) is 2. The highest BCUT2D eigenvalue weighted by Crippen LogP contribution is 2.28. The maximum Gasteiger partial charge on any atom is 0.111 e. The molecule has 0 bridgehead atoms. The molecule has 0 fully saturated rings. The maximum atomic E-state index is 10.8. The van der Waals surface area contributed by atoms with E-state index in [0.29, 0.717) is 18.0 Å². The smallest absolute Gasteiger partial charge is 0.111 e. The first-order valence-electron chi connectivity index (χ1n) is 5.69. The van der Waals surface area contributed by atoms with E-state index in [0.717, 1.165) is 5.56 Å². The average Bonchev–Trinajstić information content (AvgIpc) is 2.82. The van der Waals surface area contributed by atoms with Gasteiger partial charge in [-0.2, -0.15) is 0 Å². The van der Waals surface area contributed by atoms with Crippen molar-refractivity contribution in [3.63, 3.8) is 0 Å². The Bertz CT molecular complexity index is 511. The van der Waals surface area contributed by atoms with Crippen LogP contribution in [0.3, 0.4) is 0 Å². The summed E-state index contributed by atoms with van der Waals surface area (Å²) in [6.07, 6.45) is 7.38. The van der Waals surface area contributed by atoms with Gasteiger partial charge >= 0.3 is 0 Å². The van der Waals surface area contributed by atoms with Crippen molar-refractivity contribution in [3.8, 4) is 0 Å². The van der Waals surface area contributed by atoms with E-state index in [9.17, 15) is 5.11 Å². The van der Waals surface area contributed by atoms with Crippen molar-refractivity contribution >= 4 is 24.0 Å². The van der Waals surface area contributed by atoms with Crippen molar-refractivity contribution in [3.05, 3.63) is 66.2 Å². The zero-order valence-corrected chi connectivity index (χ0v) is 11.9. The molecule has 0 aliphatic carbocycles. The van der Waals surface area contributed by atoms with Crippen LogP contribution in [0.2, 0.25) is 5.02 Å². The lowest BCUT2D eigenvalue weighted by Gasteiger charge is -2.28. The van der Waals surface area contributed by atoms with Crippen LogP contribution >= 0.6 is 24.0 Å². The van der Waals surface area contributed by atoms with Crippen molar-refractivity contribution in [2.45, 2.75) is 18.6 Å². The quantitative estimate of drug-likeness (QED) is 0.859. The predicted molar refractivity (Wildman–Crippen MR) is 79.6 cm³/mol. The van der Waals surface area contributed by atoms with E-state index in [4.69, 9.17) is 11.6 Å². The molecule has 3 nitrogen and oxygen atoms in total. The van der Waals surface area contributed by atoms with Gasteiger partial charge in [-0.05, 0) is 24.1 Å². The van der Waals surface area contributed by atoms with Gasteiger partial charge in [0, 0.05) is 17.4 Å². The first-order chi connectivity index (χ1) is 8.64. The van der Waals surface area contributed by atoms with Gasteiger partial charge in [0.1, 0.15) is 5.60 Å². The normalized spacial score (nSPS) is 13.4. The topological polar surface area (TPSA) is 38.0 Å². The summed E-state index contributed by atoms with van der Waals surface area (Å²) >= 11 is 5.86. The third-order valence-electron chi connectivity index (χ3n) is 2.87. The molecule has 2 aromatic rings. The number of benzene rings is 1. The molecule has 0 saturated heterocycles. The number of aromatic nitrogens is 2. The number of nitrogens with zero attached hydrogens (tertiary/aromatic N) is 2. The van der Waals surface area contributed by atoms with E-state index in [1.807, 2.05) is 22.9 Å². The largest absolute Gasteiger partial charge is 0.383 e. The van der Waals surface area contributed by atoms with Crippen molar-refractivity contribution in [1.29, 1.82) is 0 Å². The summed E-state index contributed by atoms with van der Waals surface area (Å²) < 4.78 is 1.85. The van der Waals surface area contributed by atoms with Crippen LogP contribution in [-0.2, 0) is 12.1 Å². The second kappa shape index (κ2) is 6.75. The lowest BCUT2D eigenvalue weighted by Crippen LogP contribution is -2.30. The minimum Gasteiger partial charge on any atom is -0.383 e. The molecule has 0 radical (unpaired) electrons. The molecule has 1 aromatic carbocycles. The summed E-state index contributed by atoms with van der Waals surface area (Å²) in [6, 6.07) is 7.23.